The minimum absolute atomic E-state index is 0.0139. The number of carboxylic acid groups (broad SMARTS) is 1. The molecular formula is C21H27N3O3. The summed E-state index contributed by atoms with van der Waals surface area (Å²) in [6, 6.07) is 7.85. The topological polar surface area (TPSA) is 75.4 Å². The molecule has 0 saturated carbocycles. The largest absolute Gasteiger partial charge is 0.481 e. The second kappa shape index (κ2) is 7.55. The van der Waals surface area contributed by atoms with Crippen molar-refractivity contribution in [3.8, 4) is 0 Å². The quantitative estimate of drug-likeness (QED) is 0.879. The fourth-order valence-electron chi connectivity index (χ4n) is 4.14. The molecule has 3 rings (SSSR count). The van der Waals surface area contributed by atoms with Crippen molar-refractivity contribution in [1.82, 2.24) is 14.7 Å². The number of hydrogen-bond acceptors (Lipinski definition) is 3. The number of amides is 1. The van der Waals surface area contributed by atoms with Crippen molar-refractivity contribution in [3.05, 3.63) is 52.3 Å². The van der Waals surface area contributed by atoms with Gasteiger partial charge >= 0.3 is 5.97 Å². The normalized spacial score (nSPS) is 19.5. The van der Waals surface area contributed by atoms with Gasteiger partial charge in [-0.2, -0.15) is 5.10 Å². The standard InChI is InChI=1S/C21H27N3O3/c1-13-7-5-6-8-16(13)18-11-24(12-19(18)21(26)27)20(25)10-9-17-14(2)22-23(4)15(17)3/h5-8,18-19H,9-12H2,1-4H3,(H,26,27)/t18-,19+/m1/s1. The van der Waals surface area contributed by atoms with Gasteiger partial charge in [-0.05, 0) is 43.9 Å². The molecule has 0 bridgehead atoms. The van der Waals surface area contributed by atoms with E-state index in [-0.39, 0.29) is 18.4 Å². The number of aromatic nitrogens is 2. The number of benzene rings is 1. The lowest BCUT2D eigenvalue weighted by Crippen LogP contribution is -2.30. The van der Waals surface area contributed by atoms with E-state index in [1.54, 1.807) is 4.90 Å². The van der Waals surface area contributed by atoms with Crippen LogP contribution in [0, 0.1) is 26.7 Å². The molecule has 2 aromatic rings. The summed E-state index contributed by atoms with van der Waals surface area (Å²) < 4.78 is 1.83. The molecule has 144 valence electrons. The minimum atomic E-state index is -0.836. The zero-order valence-electron chi connectivity index (χ0n) is 16.4. The highest BCUT2D eigenvalue weighted by Crippen LogP contribution is 2.35. The Morgan fingerprint density at radius 2 is 1.89 bits per heavy atom. The first-order valence-electron chi connectivity index (χ1n) is 9.34. The number of hydrogen-bond donors (Lipinski definition) is 1. The number of carbonyl (C=O) groups is 2. The number of carbonyl (C=O) groups excluding carboxylic acids is 1. The van der Waals surface area contributed by atoms with Gasteiger partial charge in [0.25, 0.3) is 0 Å². The van der Waals surface area contributed by atoms with Crippen molar-refractivity contribution < 1.29 is 14.7 Å². The highest BCUT2D eigenvalue weighted by Gasteiger charge is 2.40. The SMILES string of the molecule is Cc1ccccc1[C@H]1CN(C(=O)CCc2c(C)nn(C)c2C)C[C@@H]1C(=O)O. The maximum Gasteiger partial charge on any atom is 0.308 e. The summed E-state index contributed by atoms with van der Waals surface area (Å²) in [5.74, 6) is -1.54. The zero-order valence-corrected chi connectivity index (χ0v) is 16.4. The second-order valence-electron chi connectivity index (χ2n) is 7.48. The summed E-state index contributed by atoms with van der Waals surface area (Å²) in [6.07, 6.45) is 1.01. The lowest BCUT2D eigenvalue weighted by molar-refractivity contribution is -0.141. The molecule has 1 fully saturated rings. The van der Waals surface area contributed by atoms with Crippen LogP contribution in [-0.2, 0) is 23.1 Å². The van der Waals surface area contributed by atoms with Gasteiger partial charge in [0.15, 0.2) is 0 Å². The lowest BCUT2D eigenvalue weighted by atomic mass is 9.86. The average Bonchev–Trinajstić information content (AvgIpc) is 3.16. The molecule has 0 aliphatic carbocycles. The summed E-state index contributed by atoms with van der Waals surface area (Å²) in [6.45, 7) is 6.69. The Kier molecular flexibility index (Phi) is 5.35. The van der Waals surface area contributed by atoms with E-state index >= 15 is 0 Å². The van der Waals surface area contributed by atoms with Crippen molar-refractivity contribution >= 4 is 11.9 Å². The van der Waals surface area contributed by atoms with E-state index in [4.69, 9.17) is 0 Å². The molecule has 0 radical (unpaired) electrons. The molecule has 6 heteroatoms. The van der Waals surface area contributed by atoms with E-state index in [9.17, 15) is 14.7 Å². The van der Waals surface area contributed by atoms with E-state index in [2.05, 4.69) is 5.10 Å². The number of aliphatic carboxylic acids is 1. The molecule has 1 saturated heterocycles. The van der Waals surface area contributed by atoms with Crippen LogP contribution in [0.2, 0.25) is 0 Å². The monoisotopic (exact) mass is 369 g/mol. The molecule has 27 heavy (non-hydrogen) atoms. The van der Waals surface area contributed by atoms with Gasteiger partial charge in [-0.15, -0.1) is 0 Å². The molecular weight excluding hydrogens is 342 g/mol. The van der Waals surface area contributed by atoms with Gasteiger partial charge in [0.2, 0.25) is 5.91 Å². The van der Waals surface area contributed by atoms with E-state index < -0.39 is 11.9 Å². The van der Waals surface area contributed by atoms with Crippen LogP contribution < -0.4 is 0 Å². The predicted molar refractivity (Wildman–Crippen MR) is 103 cm³/mol. The van der Waals surface area contributed by atoms with Crippen molar-refractivity contribution in [2.45, 2.75) is 39.5 Å². The first-order chi connectivity index (χ1) is 12.8. The Hall–Kier alpha value is -2.63. The molecule has 0 unspecified atom stereocenters. The molecule has 6 nitrogen and oxygen atoms in total. The van der Waals surface area contributed by atoms with Crippen LogP contribution in [0.25, 0.3) is 0 Å². The summed E-state index contributed by atoms with van der Waals surface area (Å²) >= 11 is 0. The number of likely N-dealkylation sites (tertiary alicyclic amines) is 1. The Balaban J connectivity index is 1.72. The summed E-state index contributed by atoms with van der Waals surface area (Å²) in [5.41, 5.74) is 5.23. The third kappa shape index (κ3) is 3.75. The van der Waals surface area contributed by atoms with Crippen LogP contribution in [0.3, 0.4) is 0 Å². The van der Waals surface area contributed by atoms with Gasteiger partial charge < -0.3 is 10.0 Å². The van der Waals surface area contributed by atoms with Gasteiger partial charge in [0, 0.05) is 38.2 Å². The molecule has 2 heterocycles. The third-order valence-electron chi connectivity index (χ3n) is 5.83. The maximum absolute atomic E-state index is 12.8. The van der Waals surface area contributed by atoms with Crippen LogP contribution in [-0.4, -0.2) is 44.8 Å². The first kappa shape index (κ1) is 19.1. The number of carboxylic acids is 1. The smallest absolute Gasteiger partial charge is 0.308 e. The average molecular weight is 369 g/mol. The third-order valence-corrected chi connectivity index (χ3v) is 5.83. The minimum Gasteiger partial charge on any atom is -0.481 e. The van der Waals surface area contributed by atoms with Crippen molar-refractivity contribution in [1.29, 1.82) is 0 Å². The Morgan fingerprint density at radius 3 is 2.48 bits per heavy atom. The van der Waals surface area contributed by atoms with E-state index in [1.165, 1.54) is 0 Å². The van der Waals surface area contributed by atoms with Gasteiger partial charge in [-0.25, -0.2) is 0 Å². The maximum atomic E-state index is 12.8. The highest BCUT2D eigenvalue weighted by atomic mass is 16.4. The van der Waals surface area contributed by atoms with Crippen LogP contribution in [0.15, 0.2) is 24.3 Å². The number of rotatable bonds is 5. The van der Waals surface area contributed by atoms with Crippen LogP contribution in [0.4, 0.5) is 0 Å². The van der Waals surface area contributed by atoms with Crippen molar-refractivity contribution in [3.63, 3.8) is 0 Å². The Labute approximate surface area is 159 Å². The Bertz CT molecular complexity index is 872. The molecule has 1 aromatic carbocycles. The summed E-state index contributed by atoms with van der Waals surface area (Å²) in [7, 11) is 1.90. The van der Waals surface area contributed by atoms with Crippen LogP contribution in [0.1, 0.15) is 40.4 Å². The van der Waals surface area contributed by atoms with Crippen molar-refractivity contribution in [2.75, 3.05) is 13.1 Å². The van der Waals surface area contributed by atoms with E-state index in [0.29, 0.717) is 19.4 Å². The predicted octanol–water partition coefficient (Wildman–Crippen LogP) is 2.60. The van der Waals surface area contributed by atoms with Gasteiger partial charge in [0.1, 0.15) is 0 Å². The molecule has 1 aliphatic heterocycles. The van der Waals surface area contributed by atoms with E-state index in [0.717, 1.165) is 28.1 Å². The number of aryl methyl sites for hydroxylation is 3. The van der Waals surface area contributed by atoms with Crippen LogP contribution in [0.5, 0.6) is 0 Å². The van der Waals surface area contributed by atoms with Gasteiger partial charge in [-0.3, -0.25) is 14.3 Å². The van der Waals surface area contributed by atoms with E-state index in [1.807, 2.05) is 56.8 Å². The molecule has 1 N–H and O–H groups in total. The zero-order chi connectivity index (χ0) is 19.7. The molecule has 1 aromatic heterocycles. The summed E-state index contributed by atoms with van der Waals surface area (Å²) in [4.78, 5) is 26.3. The van der Waals surface area contributed by atoms with Gasteiger partial charge in [0.05, 0.1) is 11.6 Å². The fourth-order valence-corrected chi connectivity index (χ4v) is 4.14. The van der Waals surface area contributed by atoms with Gasteiger partial charge in [-0.1, -0.05) is 24.3 Å². The first-order valence-corrected chi connectivity index (χ1v) is 9.34. The molecule has 2 atom stereocenters. The Morgan fingerprint density at radius 1 is 1.19 bits per heavy atom. The summed E-state index contributed by atoms with van der Waals surface area (Å²) in [5, 5.41) is 14.1. The second-order valence-corrected chi connectivity index (χ2v) is 7.48. The fraction of sp³-hybridized carbons (Fsp3) is 0.476. The number of nitrogens with zero attached hydrogens (tertiary/aromatic N) is 3. The molecule has 1 aliphatic rings. The highest BCUT2D eigenvalue weighted by molar-refractivity contribution is 5.80. The van der Waals surface area contributed by atoms with Crippen LogP contribution >= 0.6 is 0 Å². The molecule has 1 amide bonds. The lowest BCUT2D eigenvalue weighted by Gasteiger charge is -2.18. The van der Waals surface area contributed by atoms with Crippen molar-refractivity contribution in [2.24, 2.45) is 13.0 Å². The molecule has 0 spiro atoms.